The number of nitrogens with zero attached hydrogens (tertiary/aromatic N) is 4. The fourth-order valence-electron chi connectivity index (χ4n) is 5.29. The highest BCUT2D eigenvalue weighted by molar-refractivity contribution is 6.00. The van der Waals surface area contributed by atoms with Crippen molar-refractivity contribution in [3.05, 3.63) is 54.7 Å². The zero-order chi connectivity index (χ0) is 23.2. The second-order valence-electron chi connectivity index (χ2n) is 10.0. The van der Waals surface area contributed by atoms with Gasteiger partial charge in [0, 0.05) is 49.5 Å². The first-order chi connectivity index (χ1) is 15.8. The molecule has 1 aliphatic carbocycles. The third-order valence-corrected chi connectivity index (χ3v) is 7.09. The van der Waals surface area contributed by atoms with E-state index in [1.807, 2.05) is 28.0 Å². The molecule has 0 radical (unpaired) electrons. The molecule has 1 aromatic heterocycles. The number of carbonyl (C=O) groups is 2. The second-order valence-corrected chi connectivity index (χ2v) is 10.0. The minimum absolute atomic E-state index is 0.0220. The lowest BCUT2D eigenvalue weighted by Gasteiger charge is -2.43. The Morgan fingerprint density at radius 1 is 1.15 bits per heavy atom. The van der Waals surface area contributed by atoms with Gasteiger partial charge in [0.25, 0.3) is 0 Å². The van der Waals surface area contributed by atoms with E-state index in [0.29, 0.717) is 19.6 Å². The Morgan fingerprint density at radius 3 is 2.61 bits per heavy atom. The highest BCUT2D eigenvalue weighted by Crippen LogP contribution is 2.47. The van der Waals surface area contributed by atoms with E-state index in [0.717, 1.165) is 54.4 Å². The van der Waals surface area contributed by atoms with Gasteiger partial charge in [-0.2, -0.15) is 0 Å². The van der Waals surface area contributed by atoms with Gasteiger partial charge < -0.3 is 20.0 Å². The molecule has 2 aromatic rings. The number of nitrogens with one attached hydrogen (secondary N) is 1. The molecule has 0 unspecified atom stereocenters. The SMILES string of the molecule is C=CC(=O)N1CCN(c2ccc3c(c2)N(C(=O)C2CC(C)(C)C2)Cc2cccnc2N3)CC1. The maximum absolute atomic E-state index is 13.6. The van der Waals surface area contributed by atoms with E-state index in [2.05, 4.69) is 47.8 Å². The topological polar surface area (TPSA) is 68.8 Å². The smallest absolute Gasteiger partial charge is 0.246 e. The van der Waals surface area contributed by atoms with Crippen molar-refractivity contribution in [2.75, 3.05) is 41.3 Å². The van der Waals surface area contributed by atoms with Crippen LogP contribution in [0.4, 0.5) is 22.9 Å². The van der Waals surface area contributed by atoms with Crippen LogP contribution < -0.4 is 15.1 Å². The molecule has 1 saturated carbocycles. The van der Waals surface area contributed by atoms with Crippen molar-refractivity contribution in [1.29, 1.82) is 0 Å². The van der Waals surface area contributed by atoms with E-state index in [-0.39, 0.29) is 23.1 Å². The Balaban J connectivity index is 1.45. The van der Waals surface area contributed by atoms with Crippen LogP contribution in [0, 0.1) is 11.3 Å². The Labute approximate surface area is 195 Å². The highest BCUT2D eigenvalue weighted by Gasteiger charge is 2.43. The summed E-state index contributed by atoms with van der Waals surface area (Å²) in [5.41, 5.74) is 4.09. The van der Waals surface area contributed by atoms with E-state index in [9.17, 15) is 9.59 Å². The number of hydrogen-bond acceptors (Lipinski definition) is 5. The molecule has 5 rings (SSSR count). The van der Waals surface area contributed by atoms with Crippen molar-refractivity contribution < 1.29 is 9.59 Å². The van der Waals surface area contributed by atoms with Crippen molar-refractivity contribution in [1.82, 2.24) is 9.88 Å². The molecule has 7 nitrogen and oxygen atoms in total. The summed E-state index contributed by atoms with van der Waals surface area (Å²) in [5, 5.41) is 3.45. The lowest BCUT2D eigenvalue weighted by atomic mass is 9.64. The molecular weight excluding hydrogens is 414 g/mol. The summed E-state index contributed by atoms with van der Waals surface area (Å²) in [6.45, 7) is 11.4. The number of benzene rings is 1. The molecule has 1 N–H and O–H groups in total. The number of rotatable bonds is 3. The zero-order valence-corrected chi connectivity index (χ0v) is 19.4. The molecule has 3 heterocycles. The highest BCUT2D eigenvalue weighted by atomic mass is 16.2. The molecule has 0 spiro atoms. The summed E-state index contributed by atoms with van der Waals surface area (Å²) in [5.74, 6) is 1.02. The lowest BCUT2D eigenvalue weighted by molar-refractivity contribution is -0.129. The molecule has 3 aliphatic rings. The van der Waals surface area contributed by atoms with Crippen LogP contribution in [0.5, 0.6) is 0 Å². The van der Waals surface area contributed by atoms with Gasteiger partial charge in [-0.1, -0.05) is 26.5 Å². The number of pyridine rings is 1. The zero-order valence-electron chi connectivity index (χ0n) is 19.4. The van der Waals surface area contributed by atoms with Crippen LogP contribution in [0.25, 0.3) is 0 Å². The van der Waals surface area contributed by atoms with E-state index in [1.54, 1.807) is 6.20 Å². The van der Waals surface area contributed by atoms with Crippen molar-refractivity contribution in [2.45, 2.75) is 33.2 Å². The van der Waals surface area contributed by atoms with Gasteiger partial charge in [0.15, 0.2) is 0 Å². The van der Waals surface area contributed by atoms with Gasteiger partial charge in [-0.3, -0.25) is 9.59 Å². The maximum atomic E-state index is 13.6. The predicted molar refractivity (Wildman–Crippen MR) is 131 cm³/mol. The number of piperazine rings is 1. The average molecular weight is 446 g/mol. The van der Waals surface area contributed by atoms with Crippen LogP contribution in [0.15, 0.2) is 49.2 Å². The summed E-state index contributed by atoms with van der Waals surface area (Å²) in [7, 11) is 0. The Kier molecular flexibility index (Phi) is 5.35. The molecule has 0 atom stereocenters. The van der Waals surface area contributed by atoms with Crippen molar-refractivity contribution >= 4 is 34.7 Å². The number of amides is 2. The van der Waals surface area contributed by atoms with Crippen LogP contribution in [0.3, 0.4) is 0 Å². The van der Waals surface area contributed by atoms with E-state index in [1.165, 1.54) is 6.08 Å². The molecule has 0 bridgehead atoms. The molecule has 7 heteroatoms. The predicted octanol–water partition coefficient (Wildman–Crippen LogP) is 3.94. The molecule has 2 aliphatic heterocycles. The van der Waals surface area contributed by atoms with E-state index >= 15 is 0 Å². The largest absolute Gasteiger partial charge is 0.368 e. The number of aromatic nitrogens is 1. The van der Waals surface area contributed by atoms with Crippen molar-refractivity contribution in [3.8, 4) is 0 Å². The molecule has 2 fully saturated rings. The minimum Gasteiger partial charge on any atom is -0.368 e. The third kappa shape index (κ3) is 4.08. The number of fused-ring (bicyclic) bond motifs is 2. The first-order valence-corrected chi connectivity index (χ1v) is 11.7. The van der Waals surface area contributed by atoms with Gasteiger partial charge in [0.05, 0.1) is 17.9 Å². The minimum atomic E-state index is -0.0220. The van der Waals surface area contributed by atoms with Crippen LogP contribution in [0.1, 0.15) is 32.3 Å². The Bertz CT molecular complexity index is 1100. The first kappa shape index (κ1) is 21.5. The first-order valence-electron chi connectivity index (χ1n) is 11.7. The van der Waals surface area contributed by atoms with Crippen LogP contribution in [0.2, 0.25) is 0 Å². The quantitative estimate of drug-likeness (QED) is 0.725. The Hall–Kier alpha value is -3.35. The second kappa shape index (κ2) is 8.21. The molecule has 1 saturated heterocycles. The van der Waals surface area contributed by atoms with Crippen molar-refractivity contribution in [3.63, 3.8) is 0 Å². The van der Waals surface area contributed by atoms with Gasteiger partial charge in [-0.05, 0) is 48.6 Å². The number of anilines is 4. The van der Waals surface area contributed by atoms with E-state index in [4.69, 9.17) is 0 Å². The summed E-state index contributed by atoms with van der Waals surface area (Å²) >= 11 is 0. The van der Waals surface area contributed by atoms with Crippen LogP contribution in [-0.4, -0.2) is 47.9 Å². The van der Waals surface area contributed by atoms with Crippen molar-refractivity contribution in [2.24, 2.45) is 11.3 Å². The third-order valence-electron chi connectivity index (χ3n) is 7.09. The molecule has 1 aromatic carbocycles. The lowest BCUT2D eigenvalue weighted by Crippen LogP contribution is -2.48. The number of hydrogen-bond donors (Lipinski definition) is 1. The summed E-state index contributed by atoms with van der Waals surface area (Å²) < 4.78 is 0. The fourth-order valence-corrected chi connectivity index (χ4v) is 5.29. The summed E-state index contributed by atoms with van der Waals surface area (Å²) in [6, 6.07) is 10.2. The van der Waals surface area contributed by atoms with Gasteiger partial charge in [0.2, 0.25) is 11.8 Å². The average Bonchev–Trinajstić information content (AvgIpc) is 2.98. The van der Waals surface area contributed by atoms with Gasteiger partial charge in [0.1, 0.15) is 5.82 Å². The van der Waals surface area contributed by atoms with Crippen LogP contribution >= 0.6 is 0 Å². The maximum Gasteiger partial charge on any atom is 0.246 e. The monoisotopic (exact) mass is 445 g/mol. The van der Waals surface area contributed by atoms with Gasteiger partial charge in [-0.25, -0.2) is 4.98 Å². The Morgan fingerprint density at radius 2 is 1.91 bits per heavy atom. The summed E-state index contributed by atoms with van der Waals surface area (Å²) in [6.07, 6.45) is 4.99. The normalized spacial score (nSPS) is 19.5. The molecule has 33 heavy (non-hydrogen) atoms. The summed E-state index contributed by atoms with van der Waals surface area (Å²) in [4.78, 5) is 36.1. The molecular formula is C26H31N5O2. The number of carbonyl (C=O) groups excluding carboxylic acids is 2. The van der Waals surface area contributed by atoms with Gasteiger partial charge in [-0.15, -0.1) is 0 Å². The van der Waals surface area contributed by atoms with E-state index < -0.39 is 0 Å². The van der Waals surface area contributed by atoms with Crippen LogP contribution in [-0.2, 0) is 16.1 Å². The standard InChI is InChI=1S/C26H31N5O2/c1-4-23(32)30-12-10-29(11-13-30)20-7-8-21-22(14-20)31(25(33)19-15-26(2,3)16-19)17-18-6-5-9-27-24(18)28-21/h4-9,14,19H,1,10-13,15-17H2,2-3H3,(H,27,28). The molecule has 172 valence electrons. The van der Waals surface area contributed by atoms with Gasteiger partial charge >= 0.3 is 0 Å². The fraction of sp³-hybridized carbons (Fsp3) is 0.423. The molecule has 2 amide bonds.